The van der Waals surface area contributed by atoms with Crippen LogP contribution in [0.5, 0.6) is 5.75 Å². The van der Waals surface area contributed by atoms with Crippen molar-refractivity contribution in [3.63, 3.8) is 0 Å². The molecule has 0 N–H and O–H groups in total. The maximum atomic E-state index is 12.1. The van der Waals surface area contributed by atoms with Gasteiger partial charge in [0.1, 0.15) is 5.75 Å². The molecule has 2 rings (SSSR count). The third kappa shape index (κ3) is 4.62. The summed E-state index contributed by atoms with van der Waals surface area (Å²) in [5, 5.41) is 10.7. The van der Waals surface area contributed by atoms with E-state index in [1.165, 1.54) is 36.4 Å². The Bertz CT molecular complexity index is 711. The Balaban J connectivity index is 2.18. The van der Waals surface area contributed by atoms with Crippen LogP contribution in [0.1, 0.15) is 11.1 Å². The van der Waals surface area contributed by atoms with Crippen LogP contribution in [-0.4, -0.2) is 11.3 Å². The molecule has 0 saturated carbocycles. The second kappa shape index (κ2) is 6.30. The van der Waals surface area contributed by atoms with Gasteiger partial charge in [-0.15, -0.1) is 13.2 Å². The fourth-order valence-electron chi connectivity index (χ4n) is 1.75. The van der Waals surface area contributed by atoms with Crippen LogP contribution in [0.15, 0.2) is 48.5 Å². The Morgan fingerprint density at radius 2 is 1.59 bits per heavy atom. The molecule has 4 nitrogen and oxygen atoms in total. The van der Waals surface area contributed by atoms with E-state index in [0.717, 1.165) is 0 Å². The van der Waals surface area contributed by atoms with Gasteiger partial charge in [0.15, 0.2) is 0 Å². The number of hydrogen-bond acceptors (Lipinski definition) is 3. The lowest BCUT2D eigenvalue weighted by Crippen LogP contribution is -2.17. The van der Waals surface area contributed by atoms with Crippen LogP contribution in [0.25, 0.3) is 12.2 Å². The Kier molecular flexibility index (Phi) is 4.45. The fraction of sp³-hybridized carbons (Fsp3) is 0.0667. The van der Waals surface area contributed by atoms with Crippen LogP contribution in [0, 0.1) is 10.1 Å². The second-order valence-corrected chi connectivity index (χ2v) is 4.31. The van der Waals surface area contributed by atoms with Crippen molar-refractivity contribution in [3.8, 4) is 5.75 Å². The van der Waals surface area contributed by atoms with Crippen molar-refractivity contribution in [2.75, 3.05) is 0 Å². The summed E-state index contributed by atoms with van der Waals surface area (Å²) in [6.07, 6.45) is -1.63. The Morgan fingerprint density at radius 3 is 2.18 bits per heavy atom. The van der Waals surface area contributed by atoms with E-state index in [9.17, 15) is 23.3 Å². The molecule has 0 aliphatic carbocycles. The molecule has 0 aliphatic rings. The van der Waals surface area contributed by atoms with Crippen molar-refractivity contribution >= 4 is 17.8 Å². The first-order chi connectivity index (χ1) is 10.3. The van der Waals surface area contributed by atoms with Gasteiger partial charge >= 0.3 is 6.36 Å². The van der Waals surface area contributed by atoms with Gasteiger partial charge in [-0.1, -0.05) is 36.4 Å². The molecule has 0 unspecified atom stereocenters. The quantitative estimate of drug-likeness (QED) is 0.469. The first-order valence-corrected chi connectivity index (χ1v) is 6.12. The number of non-ortho nitro benzene ring substituents is 1. The molecular formula is C15H10F3NO3. The summed E-state index contributed by atoms with van der Waals surface area (Å²) in [6, 6.07) is 11.3. The fourth-order valence-corrected chi connectivity index (χ4v) is 1.75. The lowest BCUT2D eigenvalue weighted by atomic mass is 10.1. The largest absolute Gasteiger partial charge is 0.573 e. The number of halogens is 3. The molecule has 0 aliphatic heterocycles. The lowest BCUT2D eigenvalue weighted by Gasteiger charge is -2.08. The molecule has 0 radical (unpaired) electrons. The topological polar surface area (TPSA) is 52.4 Å². The maximum absolute atomic E-state index is 12.1. The monoisotopic (exact) mass is 309 g/mol. The van der Waals surface area contributed by atoms with E-state index in [2.05, 4.69) is 4.74 Å². The predicted molar refractivity (Wildman–Crippen MR) is 75.1 cm³/mol. The summed E-state index contributed by atoms with van der Waals surface area (Å²) in [6.45, 7) is 0. The van der Waals surface area contributed by atoms with Crippen molar-refractivity contribution < 1.29 is 22.8 Å². The number of nitrogens with zero attached hydrogens (tertiary/aromatic N) is 1. The third-order valence-corrected chi connectivity index (χ3v) is 2.64. The highest BCUT2D eigenvalue weighted by molar-refractivity contribution is 5.71. The summed E-state index contributed by atoms with van der Waals surface area (Å²) >= 11 is 0. The van der Waals surface area contributed by atoms with Gasteiger partial charge in [-0.25, -0.2) is 0 Å². The Hall–Kier alpha value is -2.83. The number of benzene rings is 2. The van der Waals surface area contributed by atoms with Crippen LogP contribution in [0.2, 0.25) is 0 Å². The molecule has 22 heavy (non-hydrogen) atoms. The van der Waals surface area contributed by atoms with E-state index in [-0.39, 0.29) is 11.4 Å². The molecule has 0 bridgehead atoms. The van der Waals surface area contributed by atoms with E-state index < -0.39 is 11.3 Å². The van der Waals surface area contributed by atoms with Crippen LogP contribution < -0.4 is 4.74 Å². The average molecular weight is 309 g/mol. The Labute approximate surface area is 123 Å². The zero-order chi connectivity index (χ0) is 16.2. The number of rotatable bonds is 4. The van der Waals surface area contributed by atoms with Gasteiger partial charge in [0.2, 0.25) is 0 Å². The second-order valence-electron chi connectivity index (χ2n) is 4.31. The van der Waals surface area contributed by atoms with E-state index in [1.54, 1.807) is 24.3 Å². The van der Waals surface area contributed by atoms with Gasteiger partial charge in [0.25, 0.3) is 5.69 Å². The van der Waals surface area contributed by atoms with Crippen molar-refractivity contribution in [2.24, 2.45) is 0 Å². The third-order valence-electron chi connectivity index (χ3n) is 2.64. The first-order valence-electron chi connectivity index (χ1n) is 6.12. The van der Waals surface area contributed by atoms with E-state index >= 15 is 0 Å². The summed E-state index contributed by atoms with van der Waals surface area (Å²) in [5.41, 5.74) is 0.987. The van der Waals surface area contributed by atoms with Crippen molar-refractivity contribution in [2.45, 2.75) is 6.36 Å². The molecule has 2 aromatic rings. The van der Waals surface area contributed by atoms with E-state index in [0.29, 0.717) is 11.1 Å². The highest BCUT2D eigenvalue weighted by Crippen LogP contribution is 2.24. The number of nitro groups is 1. The standard InChI is InChI=1S/C15H10F3NO3/c16-15(17,18)22-14-6-2-4-12(10-14)8-7-11-3-1-5-13(9-11)19(20)21/h1-10H/b8-7+. The smallest absolute Gasteiger partial charge is 0.406 e. The number of nitro benzene ring substituents is 1. The van der Waals surface area contributed by atoms with Crippen LogP contribution in [0.4, 0.5) is 18.9 Å². The molecule has 0 spiro atoms. The summed E-state index contributed by atoms with van der Waals surface area (Å²) < 4.78 is 40.2. The van der Waals surface area contributed by atoms with Crippen LogP contribution in [0.3, 0.4) is 0 Å². The minimum Gasteiger partial charge on any atom is -0.406 e. The van der Waals surface area contributed by atoms with E-state index in [4.69, 9.17) is 0 Å². The van der Waals surface area contributed by atoms with Gasteiger partial charge in [0.05, 0.1) is 4.92 Å². The molecule has 0 amide bonds. The van der Waals surface area contributed by atoms with Crippen LogP contribution >= 0.6 is 0 Å². The lowest BCUT2D eigenvalue weighted by molar-refractivity contribution is -0.384. The zero-order valence-corrected chi connectivity index (χ0v) is 11.1. The molecule has 0 heterocycles. The molecule has 0 atom stereocenters. The van der Waals surface area contributed by atoms with Gasteiger partial charge < -0.3 is 4.74 Å². The predicted octanol–water partition coefficient (Wildman–Crippen LogP) is 4.66. The van der Waals surface area contributed by atoms with Crippen molar-refractivity contribution in [3.05, 3.63) is 69.8 Å². The highest BCUT2D eigenvalue weighted by Gasteiger charge is 2.30. The van der Waals surface area contributed by atoms with Gasteiger partial charge in [-0.05, 0) is 23.3 Å². The van der Waals surface area contributed by atoms with Gasteiger partial charge in [0, 0.05) is 12.1 Å². The minimum atomic E-state index is -4.75. The van der Waals surface area contributed by atoms with E-state index in [1.807, 2.05) is 0 Å². The number of hydrogen-bond donors (Lipinski definition) is 0. The minimum absolute atomic E-state index is 0.0590. The summed E-state index contributed by atoms with van der Waals surface area (Å²) in [7, 11) is 0. The van der Waals surface area contributed by atoms with Gasteiger partial charge in [-0.3, -0.25) is 10.1 Å². The molecule has 114 valence electrons. The summed E-state index contributed by atoms with van der Waals surface area (Å²) in [4.78, 5) is 10.1. The first kappa shape index (κ1) is 15.6. The van der Waals surface area contributed by atoms with Crippen molar-refractivity contribution in [1.82, 2.24) is 0 Å². The van der Waals surface area contributed by atoms with Gasteiger partial charge in [-0.2, -0.15) is 0 Å². The SMILES string of the molecule is O=[N+]([O-])c1cccc(/C=C/c2cccc(OC(F)(F)F)c2)c1. The molecule has 0 aromatic heterocycles. The molecule has 7 heteroatoms. The number of ether oxygens (including phenoxy) is 1. The molecular weight excluding hydrogens is 299 g/mol. The maximum Gasteiger partial charge on any atom is 0.573 e. The highest BCUT2D eigenvalue weighted by atomic mass is 19.4. The molecule has 0 fully saturated rings. The molecule has 2 aromatic carbocycles. The summed E-state index contributed by atoms with van der Waals surface area (Å²) in [5.74, 6) is -0.325. The van der Waals surface area contributed by atoms with Crippen molar-refractivity contribution in [1.29, 1.82) is 0 Å². The zero-order valence-electron chi connectivity index (χ0n) is 11.1. The normalized spacial score (nSPS) is 11.6. The number of alkyl halides is 3. The average Bonchev–Trinajstić information content (AvgIpc) is 2.44. The molecule has 0 saturated heterocycles. The van der Waals surface area contributed by atoms with Crippen LogP contribution in [-0.2, 0) is 0 Å². The Morgan fingerprint density at radius 1 is 1.00 bits per heavy atom.